The van der Waals surface area contributed by atoms with Crippen molar-refractivity contribution in [3.8, 4) is 5.75 Å². The van der Waals surface area contributed by atoms with Gasteiger partial charge in [0.15, 0.2) is 0 Å². The lowest BCUT2D eigenvalue weighted by atomic mass is 10.1. The van der Waals surface area contributed by atoms with Gasteiger partial charge < -0.3 is 15.0 Å². The molecule has 2 aromatic rings. The highest BCUT2D eigenvalue weighted by molar-refractivity contribution is 7.92. The molecule has 2 rings (SSSR count). The van der Waals surface area contributed by atoms with Crippen molar-refractivity contribution in [2.24, 2.45) is 0 Å². The van der Waals surface area contributed by atoms with Crippen molar-refractivity contribution < 1.29 is 27.1 Å². The second-order valence-corrected chi connectivity index (χ2v) is 10.8. The Labute approximate surface area is 213 Å². The molecule has 0 spiro atoms. The lowest BCUT2D eigenvalue weighted by molar-refractivity contribution is -0.141. The first kappa shape index (κ1) is 29.1. The van der Waals surface area contributed by atoms with E-state index >= 15 is 0 Å². The highest BCUT2D eigenvalue weighted by Gasteiger charge is 2.29. The number of para-hydroxylation sites is 2. The number of anilines is 1. The van der Waals surface area contributed by atoms with Gasteiger partial charge in [-0.3, -0.25) is 13.9 Å². The largest absolute Gasteiger partial charge is 0.495 e. The lowest BCUT2D eigenvalue weighted by Gasteiger charge is -2.31. The highest BCUT2D eigenvalue weighted by Crippen LogP contribution is 2.29. The van der Waals surface area contributed by atoms with E-state index in [0.29, 0.717) is 23.4 Å². The molecule has 0 saturated heterocycles. The average molecular weight is 522 g/mol. The van der Waals surface area contributed by atoms with Crippen molar-refractivity contribution in [3.05, 3.63) is 59.9 Å². The van der Waals surface area contributed by atoms with Crippen LogP contribution in [0.2, 0.25) is 0 Å². The van der Waals surface area contributed by atoms with Crippen LogP contribution in [0, 0.1) is 5.82 Å². The second-order valence-electron chi connectivity index (χ2n) is 8.85. The fourth-order valence-electron chi connectivity index (χ4n) is 3.90. The Morgan fingerprint density at radius 3 is 2.28 bits per heavy atom. The van der Waals surface area contributed by atoms with Gasteiger partial charge in [0, 0.05) is 25.6 Å². The molecule has 0 aliphatic carbocycles. The number of nitrogens with zero attached hydrogens (tertiary/aromatic N) is 2. The van der Waals surface area contributed by atoms with Crippen molar-refractivity contribution in [1.29, 1.82) is 0 Å². The van der Waals surface area contributed by atoms with E-state index in [-0.39, 0.29) is 43.8 Å². The van der Waals surface area contributed by atoms with Crippen LogP contribution >= 0.6 is 0 Å². The van der Waals surface area contributed by atoms with Gasteiger partial charge in [0.2, 0.25) is 21.8 Å². The molecule has 8 nitrogen and oxygen atoms in total. The summed E-state index contributed by atoms with van der Waals surface area (Å²) in [4.78, 5) is 27.7. The van der Waals surface area contributed by atoms with Crippen LogP contribution in [0.5, 0.6) is 5.75 Å². The number of ether oxygens (including phenoxy) is 1. The molecule has 0 heterocycles. The number of carbonyl (C=O) groups excluding carboxylic acids is 2. The zero-order valence-corrected chi connectivity index (χ0v) is 22.3. The molecule has 1 N–H and O–H groups in total. The summed E-state index contributed by atoms with van der Waals surface area (Å²) >= 11 is 0. The summed E-state index contributed by atoms with van der Waals surface area (Å²) in [7, 11) is -2.18. The van der Waals surface area contributed by atoms with Crippen LogP contribution < -0.4 is 14.4 Å². The van der Waals surface area contributed by atoms with E-state index in [0.717, 1.165) is 6.26 Å². The minimum atomic E-state index is -3.64. The van der Waals surface area contributed by atoms with Crippen molar-refractivity contribution >= 4 is 27.5 Å². The minimum absolute atomic E-state index is 0.0216. The van der Waals surface area contributed by atoms with Gasteiger partial charge >= 0.3 is 0 Å². The van der Waals surface area contributed by atoms with Crippen LogP contribution in [-0.2, 0) is 26.2 Å². The predicted molar refractivity (Wildman–Crippen MR) is 139 cm³/mol. The zero-order chi connectivity index (χ0) is 26.9. The molecule has 0 aromatic heterocycles. The molecule has 198 valence electrons. The van der Waals surface area contributed by atoms with Crippen LogP contribution in [0.25, 0.3) is 0 Å². The molecule has 36 heavy (non-hydrogen) atoms. The molecule has 2 aromatic carbocycles. The number of hydrogen-bond acceptors (Lipinski definition) is 5. The van der Waals surface area contributed by atoms with Gasteiger partial charge in [-0.25, -0.2) is 12.8 Å². The summed E-state index contributed by atoms with van der Waals surface area (Å²) in [5.41, 5.74) is 1.08. The van der Waals surface area contributed by atoms with Crippen LogP contribution in [0.1, 0.15) is 45.6 Å². The van der Waals surface area contributed by atoms with Gasteiger partial charge in [0.25, 0.3) is 0 Å². The Morgan fingerprint density at radius 1 is 1.08 bits per heavy atom. The molecule has 10 heteroatoms. The van der Waals surface area contributed by atoms with Gasteiger partial charge in [-0.2, -0.15) is 0 Å². The van der Waals surface area contributed by atoms with E-state index in [4.69, 9.17) is 4.74 Å². The molecule has 0 aliphatic heterocycles. The van der Waals surface area contributed by atoms with E-state index in [1.165, 1.54) is 28.4 Å². The number of rotatable bonds is 13. The maximum absolute atomic E-state index is 13.4. The predicted octanol–water partition coefficient (Wildman–Crippen LogP) is 3.71. The number of carbonyl (C=O) groups is 2. The van der Waals surface area contributed by atoms with E-state index < -0.39 is 21.9 Å². The monoisotopic (exact) mass is 521 g/mol. The standard InChI is InChI=1S/C26H36FN3O5S/c1-6-22(26(32)28-19(2)3)29(18-20-13-15-21(27)16-14-20)25(31)12-9-17-30(36(5,33)34)23-10-7-8-11-24(23)35-4/h7-8,10-11,13-16,19,22H,6,9,12,17-18H2,1-5H3,(H,28,32)/t22-/m0/s1. The summed E-state index contributed by atoms with van der Waals surface area (Å²) in [6, 6.07) is 11.7. The fraction of sp³-hybridized carbons (Fsp3) is 0.462. The first-order valence-electron chi connectivity index (χ1n) is 11.9. The molecule has 0 aliphatic rings. The van der Waals surface area contributed by atoms with Crippen LogP contribution in [-0.4, -0.2) is 57.1 Å². The van der Waals surface area contributed by atoms with Gasteiger partial charge in [-0.15, -0.1) is 0 Å². The minimum Gasteiger partial charge on any atom is -0.495 e. The average Bonchev–Trinajstić information content (AvgIpc) is 2.81. The Morgan fingerprint density at radius 2 is 1.72 bits per heavy atom. The first-order valence-corrected chi connectivity index (χ1v) is 13.8. The van der Waals surface area contributed by atoms with Crippen molar-refractivity contribution in [2.75, 3.05) is 24.2 Å². The molecule has 1 atom stereocenters. The van der Waals surface area contributed by atoms with Crippen molar-refractivity contribution in [1.82, 2.24) is 10.2 Å². The Kier molecular flexibility index (Phi) is 10.7. The first-order chi connectivity index (χ1) is 17.0. The number of amides is 2. The summed E-state index contributed by atoms with van der Waals surface area (Å²) in [6.07, 6.45) is 1.74. The third-order valence-electron chi connectivity index (χ3n) is 5.59. The highest BCUT2D eigenvalue weighted by atomic mass is 32.2. The summed E-state index contributed by atoms with van der Waals surface area (Å²) < 4.78 is 45.0. The quantitative estimate of drug-likeness (QED) is 0.434. The third-order valence-corrected chi connectivity index (χ3v) is 6.77. The summed E-state index contributed by atoms with van der Waals surface area (Å²) in [5, 5.41) is 2.86. The molecule has 0 saturated carbocycles. The van der Waals surface area contributed by atoms with Crippen molar-refractivity contribution in [3.63, 3.8) is 0 Å². The second kappa shape index (κ2) is 13.2. The maximum Gasteiger partial charge on any atom is 0.243 e. The zero-order valence-electron chi connectivity index (χ0n) is 21.5. The van der Waals surface area contributed by atoms with Gasteiger partial charge in [0.1, 0.15) is 17.6 Å². The lowest BCUT2D eigenvalue weighted by Crippen LogP contribution is -2.50. The number of nitrogens with one attached hydrogen (secondary N) is 1. The van der Waals surface area contributed by atoms with E-state index in [2.05, 4.69) is 5.32 Å². The van der Waals surface area contributed by atoms with Crippen LogP contribution in [0.3, 0.4) is 0 Å². The Balaban J connectivity index is 2.24. The summed E-state index contributed by atoms with van der Waals surface area (Å²) in [5.74, 6) is -0.546. The van der Waals surface area contributed by atoms with Crippen molar-refractivity contribution in [2.45, 2.75) is 58.7 Å². The number of halogens is 1. The van der Waals surface area contributed by atoms with Gasteiger partial charge in [-0.05, 0) is 56.5 Å². The van der Waals surface area contributed by atoms with E-state index in [1.807, 2.05) is 20.8 Å². The van der Waals surface area contributed by atoms with E-state index in [9.17, 15) is 22.4 Å². The Bertz CT molecular complexity index is 1120. The van der Waals surface area contributed by atoms with Crippen LogP contribution in [0.4, 0.5) is 10.1 Å². The number of sulfonamides is 1. The summed E-state index contributed by atoms with van der Waals surface area (Å²) in [6.45, 7) is 5.70. The number of hydrogen-bond donors (Lipinski definition) is 1. The molecule has 0 radical (unpaired) electrons. The maximum atomic E-state index is 13.4. The number of methoxy groups -OCH3 is 1. The SMILES string of the molecule is CC[C@@H](C(=O)NC(C)C)N(Cc1ccc(F)cc1)C(=O)CCCN(c1ccccc1OC)S(C)(=O)=O. The molecule has 2 amide bonds. The third kappa shape index (κ3) is 8.22. The van der Waals surface area contributed by atoms with E-state index in [1.54, 1.807) is 36.4 Å². The fourth-order valence-corrected chi connectivity index (χ4v) is 4.87. The smallest absolute Gasteiger partial charge is 0.243 e. The molecular weight excluding hydrogens is 485 g/mol. The molecule has 0 unspecified atom stereocenters. The van der Waals surface area contributed by atoms with Gasteiger partial charge in [0.05, 0.1) is 19.1 Å². The molecule has 0 bridgehead atoms. The molecular formula is C26H36FN3O5S. The normalized spacial score (nSPS) is 12.2. The number of benzene rings is 2. The Hall–Kier alpha value is -3.14. The molecule has 0 fully saturated rings. The van der Waals surface area contributed by atoms with Crippen LogP contribution in [0.15, 0.2) is 48.5 Å². The van der Waals surface area contributed by atoms with Gasteiger partial charge in [-0.1, -0.05) is 31.2 Å². The topological polar surface area (TPSA) is 96.0 Å².